The Bertz CT molecular complexity index is 1220. The molecule has 0 radical (unpaired) electrons. The Morgan fingerprint density at radius 3 is 2.68 bits per heavy atom. The van der Waals surface area contributed by atoms with Crippen LogP contribution in [0.5, 0.6) is 0 Å². The minimum Gasteiger partial charge on any atom is -0.436 e. The highest BCUT2D eigenvalue weighted by Crippen LogP contribution is 2.35. The topological polar surface area (TPSA) is 55.1 Å². The van der Waals surface area contributed by atoms with Gasteiger partial charge in [-0.25, -0.2) is 4.98 Å². The van der Waals surface area contributed by atoms with Crippen LogP contribution in [0.3, 0.4) is 0 Å². The van der Waals surface area contributed by atoms with Gasteiger partial charge in [-0.1, -0.05) is 40.9 Å². The zero-order valence-electron chi connectivity index (χ0n) is 14.0. The second kappa shape index (κ2) is 7.91. The summed E-state index contributed by atoms with van der Waals surface area (Å²) in [6.07, 6.45) is 0. The number of aromatic nitrogens is 1. The number of hydrogen-bond acceptors (Lipinski definition) is 3. The van der Waals surface area contributed by atoms with Crippen LogP contribution in [0.15, 0.2) is 59.0 Å². The van der Waals surface area contributed by atoms with Crippen LogP contribution in [0.4, 0.5) is 5.69 Å². The van der Waals surface area contributed by atoms with Crippen LogP contribution in [0, 0.1) is 3.57 Å². The number of fused-ring (bicyclic) bond motifs is 1. The van der Waals surface area contributed by atoms with E-state index in [1.807, 2.05) is 0 Å². The number of amides is 1. The quantitative estimate of drug-likeness (QED) is 0.276. The molecule has 0 saturated carbocycles. The lowest BCUT2D eigenvalue weighted by Crippen LogP contribution is -2.13. The summed E-state index contributed by atoms with van der Waals surface area (Å²) in [6.45, 7) is 0. The molecule has 0 saturated heterocycles. The number of benzene rings is 3. The normalized spacial score (nSPS) is 11.0. The van der Waals surface area contributed by atoms with Crippen molar-refractivity contribution in [3.05, 3.63) is 78.8 Å². The molecule has 0 fully saturated rings. The number of oxazole rings is 1. The number of halogens is 4. The zero-order valence-corrected chi connectivity index (χ0v) is 18.4. The number of rotatable bonds is 3. The Labute approximate surface area is 188 Å². The number of hydrogen-bond donors (Lipinski definition) is 1. The predicted octanol–water partition coefficient (Wildman–Crippen LogP) is 7.31. The number of carbonyl (C=O) groups is 1. The molecule has 0 atom stereocenters. The lowest BCUT2D eigenvalue weighted by molar-refractivity contribution is 0.102. The molecule has 0 aliphatic heterocycles. The number of nitrogens with one attached hydrogen (secondary N) is 1. The minimum atomic E-state index is -0.257. The van der Waals surface area contributed by atoms with Crippen LogP contribution in [0.2, 0.25) is 15.1 Å². The fraction of sp³-hybridized carbons (Fsp3) is 0. The molecule has 0 bridgehead atoms. The van der Waals surface area contributed by atoms with Crippen LogP contribution in [-0.2, 0) is 0 Å². The fourth-order valence-electron chi connectivity index (χ4n) is 2.66. The molecule has 4 nitrogen and oxygen atoms in total. The first-order valence-electron chi connectivity index (χ1n) is 8.04. The maximum Gasteiger partial charge on any atom is 0.256 e. The molecule has 1 heterocycles. The van der Waals surface area contributed by atoms with E-state index in [2.05, 4.69) is 32.9 Å². The molecular formula is C20H10Cl3IN2O2. The molecule has 1 amide bonds. The number of nitrogens with zero attached hydrogens (tertiary/aromatic N) is 1. The Balaban J connectivity index is 1.66. The molecule has 1 N–H and O–H groups in total. The molecule has 8 heteroatoms. The highest BCUT2D eigenvalue weighted by molar-refractivity contribution is 14.1. The van der Waals surface area contributed by atoms with Crippen molar-refractivity contribution < 1.29 is 9.21 Å². The van der Waals surface area contributed by atoms with E-state index < -0.39 is 0 Å². The zero-order chi connectivity index (χ0) is 19.8. The molecule has 0 aliphatic carbocycles. The first-order valence-corrected chi connectivity index (χ1v) is 10.2. The van der Waals surface area contributed by atoms with Gasteiger partial charge in [0.1, 0.15) is 5.52 Å². The second-order valence-corrected chi connectivity index (χ2v) is 8.26. The maximum atomic E-state index is 12.6. The fourth-order valence-corrected chi connectivity index (χ4v) is 3.79. The Hall–Kier alpha value is -1.80. The third-order valence-corrected chi connectivity index (χ3v) is 6.00. The van der Waals surface area contributed by atoms with Crippen molar-refractivity contribution in [2.24, 2.45) is 0 Å². The predicted molar refractivity (Wildman–Crippen MR) is 122 cm³/mol. The third kappa shape index (κ3) is 3.85. The lowest BCUT2D eigenvalue weighted by Gasteiger charge is -2.07. The molecular weight excluding hydrogens is 533 g/mol. The monoisotopic (exact) mass is 542 g/mol. The molecule has 0 unspecified atom stereocenters. The maximum absolute atomic E-state index is 12.6. The molecule has 28 heavy (non-hydrogen) atoms. The van der Waals surface area contributed by atoms with Crippen molar-refractivity contribution in [2.75, 3.05) is 5.32 Å². The van der Waals surface area contributed by atoms with E-state index in [0.717, 1.165) is 3.57 Å². The molecule has 3 aromatic carbocycles. The molecule has 1 aromatic heterocycles. The van der Waals surface area contributed by atoms with Gasteiger partial charge in [-0.2, -0.15) is 0 Å². The van der Waals surface area contributed by atoms with Crippen molar-refractivity contribution in [3.8, 4) is 11.5 Å². The van der Waals surface area contributed by atoms with Crippen molar-refractivity contribution in [1.82, 2.24) is 4.98 Å². The lowest BCUT2D eigenvalue weighted by atomic mass is 10.2. The van der Waals surface area contributed by atoms with Gasteiger partial charge in [0.2, 0.25) is 5.89 Å². The largest absolute Gasteiger partial charge is 0.436 e. The van der Waals surface area contributed by atoms with Gasteiger partial charge >= 0.3 is 0 Å². The van der Waals surface area contributed by atoms with Gasteiger partial charge in [0.05, 0.1) is 21.2 Å². The smallest absolute Gasteiger partial charge is 0.256 e. The van der Waals surface area contributed by atoms with Gasteiger partial charge < -0.3 is 9.73 Å². The van der Waals surface area contributed by atoms with E-state index in [1.54, 1.807) is 54.6 Å². The van der Waals surface area contributed by atoms with Gasteiger partial charge in [0, 0.05) is 14.3 Å². The van der Waals surface area contributed by atoms with Gasteiger partial charge in [-0.05, 0) is 71.1 Å². The van der Waals surface area contributed by atoms with E-state index >= 15 is 0 Å². The van der Waals surface area contributed by atoms with Crippen molar-refractivity contribution in [2.45, 2.75) is 0 Å². The Morgan fingerprint density at radius 2 is 1.86 bits per heavy atom. The summed E-state index contributed by atoms with van der Waals surface area (Å²) < 4.78 is 6.59. The van der Waals surface area contributed by atoms with E-state index in [0.29, 0.717) is 48.9 Å². The van der Waals surface area contributed by atoms with Crippen LogP contribution in [0.25, 0.3) is 22.6 Å². The van der Waals surface area contributed by atoms with Gasteiger partial charge in [-0.15, -0.1) is 0 Å². The van der Waals surface area contributed by atoms with Crippen molar-refractivity contribution in [1.29, 1.82) is 0 Å². The molecule has 0 aliphatic rings. The summed E-state index contributed by atoms with van der Waals surface area (Å²) in [5, 5.41) is 4.15. The van der Waals surface area contributed by atoms with Gasteiger partial charge in [-0.3, -0.25) is 4.79 Å². The number of anilines is 1. The average molecular weight is 544 g/mol. The van der Waals surface area contributed by atoms with E-state index in [4.69, 9.17) is 39.2 Å². The molecule has 140 valence electrons. The Kier molecular flexibility index (Phi) is 5.51. The molecule has 0 spiro atoms. The van der Waals surface area contributed by atoms with Crippen LogP contribution >= 0.6 is 57.4 Å². The minimum absolute atomic E-state index is 0.257. The standard InChI is InChI=1S/C20H10Cl3IN2O2/c21-10-4-6-15(24)13(8-10)19(27)25-11-5-7-17-16(9-11)26-20(28-17)12-2-1-3-14(22)18(12)23/h1-9H,(H,25,27). The Morgan fingerprint density at radius 1 is 1.04 bits per heavy atom. The van der Waals surface area contributed by atoms with Crippen molar-refractivity contribution >= 4 is 80.1 Å². The first-order chi connectivity index (χ1) is 13.4. The van der Waals surface area contributed by atoms with Gasteiger partial charge in [0.15, 0.2) is 5.58 Å². The summed E-state index contributed by atoms with van der Waals surface area (Å²) in [5.41, 5.74) is 2.85. The summed E-state index contributed by atoms with van der Waals surface area (Å²) in [5.74, 6) is 0.100. The third-order valence-electron chi connectivity index (χ3n) is 4.00. The highest BCUT2D eigenvalue weighted by Gasteiger charge is 2.15. The van der Waals surface area contributed by atoms with Crippen molar-refractivity contribution in [3.63, 3.8) is 0 Å². The van der Waals surface area contributed by atoms with Crippen LogP contribution in [-0.4, -0.2) is 10.9 Å². The molecule has 4 rings (SSSR count). The van der Waals surface area contributed by atoms with Crippen LogP contribution < -0.4 is 5.32 Å². The second-order valence-electron chi connectivity index (χ2n) is 5.88. The van der Waals surface area contributed by atoms with E-state index in [9.17, 15) is 4.79 Å². The van der Waals surface area contributed by atoms with E-state index in [-0.39, 0.29) is 5.91 Å². The summed E-state index contributed by atoms with van der Waals surface area (Å²) in [6, 6.07) is 15.6. The first kappa shape index (κ1) is 19.5. The SMILES string of the molecule is O=C(Nc1ccc2oc(-c3cccc(Cl)c3Cl)nc2c1)c1cc(Cl)ccc1I. The summed E-state index contributed by atoms with van der Waals surface area (Å²) >= 11 is 20.4. The number of carbonyl (C=O) groups excluding carboxylic acids is 1. The highest BCUT2D eigenvalue weighted by atomic mass is 127. The summed E-state index contributed by atoms with van der Waals surface area (Å²) in [4.78, 5) is 17.1. The summed E-state index contributed by atoms with van der Waals surface area (Å²) in [7, 11) is 0. The molecule has 4 aromatic rings. The van der Waals surface area contributed by atoms with E-state index in [1.165, 1.54) is 0 Å². The average Bonchev–Trinajstić information content (AvgIpc) is 3.09. The van der Waals surface area contributed by atoms with Gasteiger partial charge in [0.25, 0.3) is 5.91 Å². The van der Waals surface area contributed by atoms with Crippen LogP contribution in [0.1, 0.15) is 10.4 Å².